The van der Waals surface area contributed by atoms with Crippen LogP contribution < -0.4 is 5.73 Å². The summed E-state index contributed by atoms with van der Waals surface area (Å²) in [6, 6.07) is 5.94. The number of aliphatic imine (C=N–C) groups is 1. The van der Waals surface area contributed by atoms with Gasteiger partial charge in [-0.1, -0.05) is 12.1 Å². The third-order valence-corrected chi connectivity index (χ3v) is 2.65. The van der Waals surface area contributed by atoms with Gasteiger partial charge in [-0.15, -0.1) is 0 Å². The number of benzene rings is 1. The summed E-state index contributed by atoms with van der Waals surface area (Å²) >= 11 is 0. The highest BCUT2D eigenvalue weighted by atomic mass is 16.3. The molecule has 1 aliphatic carbocycles. The highest BCUT2D eigenvalue weighted by Gasteiger charge is 2.10. The van der Waals surface area contributed by atoms with Crippen LogP contribution in [0.5, 0.6) is 0 Å². The van der Waals surface area contributed by atoms with Gasteiger partial charge in [-0.25, -0.2) is 0 Å². The Kier molecular flexibility index (Phi) is 2.46. The lowest BCUT2D eigenvalue weighted by Crippen LogP contribution is -2.13. The third-order valence-electron chi connectivity index (χ3n) is 2.65. The fourth-order valence-corrected chi connectivity index (χ4v) is 1.77. The highest BCUT2D eigenvalue weighted by molar-refractivity contribution is 5.97. The van der Waals surface area contributed by atoms with Crippen molar-refractivity contribution >= 4 is 11.9 Å². The molecular formula is C12H14N2O. The van der Waals surface area contributed by atoms with Crippen LogP contribution in [-0.4, -0.2) is 18.0 Å². The van der Waals surface area contributed by atoms with Gasteiger partial charge in [0.1, 0.15) is 5.84 Å². The fourth-order valence-electron chi connectivity index (χ4n) is 1.77. The average Bonchev–Trinajstić information content (AvgIpc) is 2.27. The summed E-state index contributed by atoms with van der Waals surface area (Å²) in [6.45, 7) is 0. The van der Waals surface area contributed by atoms with E-state index in [0.29, 0.717) is 18.0 Å². The predicted molar refractivity (Wildman–Crippen MR) is 62.0 cm³/mol. The van der Waals surface area contributed by atoms with Gasteiger partial charge >= 0.3 is 0 Å². The van der Waals surface area contributed by atoms with Crippen molar-refractivity contribution in [1.29, 1.82) is 0 Å². The molecule has 0 radical (unpaired) electrons. The molecule has 1 aromatic rings. The molecule has 0 aromatic heterocycles. The van der Waals surface area contributed by atoms with E-state index < -0.39 is 0 Å². The molecule has 0 fully saturated rings. The zero-order chi connectivity index (χ0) is 10.8. The molecule has 3 heteroatoms. The van der Waals surface area contributed by atoms with E-state index >= 15 is 0 Å². The summed E-state index contributed by atoms with van der Waals surface area (Å²) in [4.78, 5) is 3.95. The maximum absolute atomic E-state index is 9.39. The number of nitrogens with zero attached hydrogens (tertiary/aromatic N) is 1. The summed E-state index contributed by atoms with van der Waals surface area (Å²) in [5, 5.41) is 9.39. The van der Waals surface area contributed by atoms with Crippen LogP contribution in [0, 0.1) is 0 Å². The van der Waals surface area contributed by atoms with Crippen molar-refractivity contribution in [1.82, 2.24) is 0 Å². The van der Waals surface area contributed by atoms with E-state index in [1.807, 2.05) is 24.3 Å². The van der Waals surface area contributed by atoms with Gasteiger partial charge in [-0.05, 0) is 29.7 Å². The van der Waals surface area contributed by atoms with Crippen LogP contribution in [0.25, 0.3) is 6.08 Å². The Balaban J connectivity index is 2.44. The molecule has 1 aromatic carbocycles. The summed E-state index contributed by atoms with van der Waals surface area (Å²) in [7, 11) is 1.68. The average molecular weight is 202 g/mol. The highest BCUT2D eigenvalue weighted by Crippen LogP contribution is 2.23. The molecule has 0 amide bonds. The van der Waals surface area contributed by atoms with Gasteiger partial charge in [0.2, 0.25) is 0 Å². The second kappa shape index (κ2) is 3.77. The SMILES string of the molecule is CN=C(N)c1ccc2c(c1)CCC(O)=C2. The van der Waals surface area contributed by atoms with Crippen molar-refractivity contribution < 1.29 is 5.11 Å². The van der Waals surface area contributed by atoms with Gasteiger partial charge in [0.25, 0.3) is 0 Å². The lowest BCUT2D eigenvalue weighted by atomic mass is 9.94. The lowest BCUT2D eigenvalue weighted by molar-refractivity contribution is 0.391. The zero-order valence-electron chi connectivity index (χ0n) is 8.70. The minimum Gasteiger partial charge on any atom is -0.512 e. The van der Waals surface area contributed by atoms with Crippen molar-refractivity contribution in [3.63, 3.8) is 0 Å². The number of aryl methyl sites for hydroxylation is 1. The van der Waals surface area contributed by atoms with Crippen molar-refractivity contribution in [2.75, 3.05) is 7.05 Å². The lowest BCUT2D eigenvalue weighted by Gasteiger charge is -2.13. The van der Waals surface area contributed by atoms with Crippen molar-refractivity contribution in [2.45, 2.75) is 12.8 Å². The first-order valence-electron chi connectivity index (χ1n) is 4.96. The van der Waals surface area contributed by atoms with E-state index in [9.17, 15) is 5.11 Å². The standard InChI is InChI=1S/C12H14N2O/c1-14-12(13)10-3-2-9-7-11(15)5-4-8(9)6-10/h2-3,6-7,15H,4-5H2,1H3,(H2,13,14). The molecule has 1 aliphatic rings. The Morgan fingerprint density at radius 1 is 1.40 bits per heavy atom. The number of rotatable bonds is 1. The number of nitrogens with two attached hydrogens (primary N) is 1. The smallest absolute Gasteiger partial charge is 0.125 e. The van der Waals surface area contributed by atoms with Crippen LogP contribution in [0.2, 0.25) is 0 Å². The van der Waals surface area contributed by atoms with Crippen LogP contribution in [0.3, 0.4) is 0 Å². The summed E-state index contributed by atoms with van der Waals surface area (Å²) in [5.74, 6) is 1.00. The Morgan fingerprint density at radius 3 is 2.93 bits per heavy atom. The molecule has 0 saturated carbocycles. The summed E-state index contributed by atoms with van der Waals surface area (Å²) in [5.41, 5.74) is 8.98. The largest absolute Gasteiger partial charge is 0.512 e. The first kappa shape index (κ1) is 9.77. The van der Waals surface area contributed by atoms with E-state index in [4.69, 9.17) is 5.73 Å². The van der Waals surface area contributed by atoms with Gasteiger partial charge < -0.3 is 10.8 Å². The first-order chi connectivity index (χ1) is 7.20. The van der Waals surface area contributed by atoms with Crippen molar-refractivity contribution in [2.24, 2.45) is 10.7 Å². The second-order valence-electron chi connectivity index (χ2n) is 3.66. The van der Waals surface area contributed by atoms with Crippen molar-refractivity contribution in [3.05, 3.63) is 40.6 Å². The Morgan fingerprint density at radius 2 is 2.20 bits per heavy atom. The number of aliphatic hydroxyl groups excluding tert-OH is 1. The minimum absolute atomic E-state index is 0.451. The fraction of sp³-hybridized carbons (Fsp3) is 0.250. The second-order valence-corrected chi connectivity index (χ2v) is 3.66. The van der Waals surface area contributed by atoms with Crippen LogP contribution in [0.4, 0.5) is 0 Å². The van der Waals surface area contributed by atoms with Crippen LogP contribution in [0.15, 0.2) is 29.0 Å². The van der Waals surface area contributed by atoms with E-state index in [2.05, 4.69) is 4.99 Å². The molecule has 0 spiro atoms. The van der Waals surface area contributed by atoms with Crippen LogP contribution >= 0.6 is 0 Å². The van der Waals surface area contributed by atoms with E-state index in [0.717, 1.165) is 17.5 Å². The van der Waals surface area contributed by atoms with E-state index in [-0.39, 0.29) is 0 Å². The van der Waals surface area contributed by atoms with Gasteiger partial charge in [0.05, 0.1) is 5.76 Å². The third kappa shape index (κ3) is 1.86. The number of aliphatic hydroxyl groups is 1. The Bertz CT molecular complexity index is 447. The molecule has 2 rings (SSSR count). The molecule has 15 heavy (non-hydrogen) atoms. The topological polar surface area (TPSA) is 58.6 Å². The monoisotopic (exact) mass is 202 g/mol. The molecule has 78 valence electrons. The molecule has 0 bridgehead atoms. The first-order valence-corrected chi connectivity index (χ1v) is 4.96. The number of allylic oxidation sites excluding steroid dienone is 1. The summed E-state index contributed by atoms with van der Waals surface area (Å²) < 4.78 is 0. The number of fused-ring (bicyclic) bond motifs is 1. The molecule has 0 aliphatic heterocycles. The molecule has 0 atom stereocenters. The van der Waals surface area contributed by atoms with Gasteiger partial charge in [-0.2, -0.15) is 0 Å². The van der Waals surface area contributed by atoms with Crippen LogP contribution in [0.1, 0.15) is 23.1 Å². The molecule has 3 nitrogen and oxygen atoms in total. The van der Waals surface area contributed by atoms with E-state index in [1.165, 1.54) is 5.56 Å². The maximum Gasteiger partial charge on any atom is 0.125 e. The number of hydrogen-bond donors (Lipinski definition) is 2. The molecule has 0 unspecified atom stereocenters. The molecule has 3 N–H and O–H groups in total. The van der Waals surface area contributed by atoms with Gasteiger partial charge in [0.15, 0.2) is 0 Å². The van der Waals surface area contributed by atoms with E-state index in [1.54, 1.807) is 7.05 Å². The summed E-state index contributed by atoms with van der Waals surface area (Å²) in [6.07, 6.45) is 3.38. The Hall–Kier alpha value is -1.77. The number of amidine groups is 1. The normalized spacial score (nSPS) is 15.8. The Labute approximate surface area is 89.0 Å². The molecule has 0 saturated heterocycles. The van der Waals surface area contributed by atoms with Crippen molar-refractivity contribution in [3.8, 4) is 0 Å². The predicted octanol–water partition coefficient (Wildman–Crippen LogP) is 1.87. The van der Waals surface area contributed by atoms with Gasteiger partial charge in [-0.3, -0.25) is 4.99 Å². The maximum atomic E-state index is 9.39. The number of hydrogen-bond acceptors (Lipinski definition) is 2. The quantitative estimate of drug-likeness (QED) is 0.539. The molecular weight excluding hydrogens is 188 g/mol. The molecule has 0 heterocycles. The minimum atomic E-state index is 0.451. The van der Waals surface area contributed by atoms with Gasteiger partial charge in [0, 0.05) is 19.0 Å². The zero-order valence-corrected chi connectivity index (χ0v) is 8.70. The van der Waals surface area contributed by atoms with Crippen LogP contribution in [-0.2, 0) is 6.42 Å².